The number of amides is 1. The Bertz CT molecular complexity index is 1280. The van der Waals surface area contributed by atoms with Gasteiger partial charge in [0.1, 0.15) is 5.56 Å². The lowest BCUT2D eigenvalue weighted by Gasteiger charge is -2.18. The second-order valence-corrected chi connectivity index (χ2v) is 8.24. The molecule has 0 atom stereocenters. The molecule has 0 saturated carbocycles. The van der Waals surface area contributed by atoms with E-state index < -0.39 is 17.4 Å². The van der Waals surface area contributed by atoms with E-state index in [1.54, 1.807) is 67.0 Å². The van der Waals surface area contributed by atoms with Crippen LogP contribution in [0.1, 0.15) is 20.0 Å². The van der Waals surface area contributed by atoms with E-state index in [9.17, 15) is 14.4 Å². The fourth-order valence-corrected chi connectivity index (χ4v) is 4.01. The van der Waals surface area contributed by atoms with Crippen LogP contribution < -0.4 is 10.5 Å². The molecule has 0 aliphatic carbocycles. The predicted molar refractivity (Wildman–Crippen MR) is 119 cm³/mol. The largest absolute Gasteiger partial charge is 0.311 e. The number of halogens is 1. The van der Waals surface area contributed by atoms with Gasteiger partial charge < -0.3 is 4.90 Å². The van der Waals surface area contributed by atoms with Crippen LogP contribution in [-0.4, -0.2) is 23.4 Å². The highest BCUT2D eigenvalue weighted by molar-refractivity contribution is 9.10. The maximum atomic E-state index is 13.2. The van der Waals surface area contributed by atoms with Gasteiger partial charge in [-0.2, -0.15) is 0 Å². The zero-order chi connectivity index (χ0) is 20.5. The summed E-state index contributed by atoms with van der Waals surface area (Å²) in [7, 11) is 1.60. The standard InChI is InChI=1S/C22H15BrN2O3S/c1-24(16-10-8-15(23)9-11-16)20(26)17-13-14-5-2-3-6-18(14)25(21(17)27)22(28)19-7-4-12-29-19/h2-13H,1H3. The van der Waals surface area contributed by atoms with Gasteiger partial charge in [0.05, 0.1) is 10.4 Å². The van der Waals surface area contributed by atoms with Crippen LogP contribution in [0.25, 0.3) is 10.9 Å². The molecule has 0 aliphatic rings. The molecule has 0 saturated heterocycles. The minimum absolute atomic E-state index is 0.0565. The van der Waals surface area contributed by atoms with Gasteiger partial charge in [0.2, 0.25) is 0 Å². The van der Waals surface area contributed by atoms with E-state index in [1.165, 1.54) is 16.2 Å². The molecular weight excluding hydrogens is 452 g/mol. The number of hydrogen-bond donors (Lipinski definition) is 0. The Morgan fingerprint density at radius 1 is 1.00 bits per heavy atom. The molecule has 5 nitrogen and oxygen atoms in total. The Morgan fingerprint density at radius 3 is 2.41 bits per heavy atom. The van der Waals surface area contributed by atoms with Gasteiger partial charge in [-0.1, -0.05) is 40.2 Å². The number of thiophene rings is 1. The minimum atomic E-state index is -0.629. The van der Waals surface area contributed by atoms with Crippen LogP contribution in [-0.2, 0) is 0 Å². The van der Waals surface area contributed by atoms with Crippen molar-refractivity contribution in [2.24, 2.45) is 0 Å². The molecule has 1 amide bonds. The monoisotopic (exact) mass is 466 g/mol. The van der Waals surface area contributed by atoms with Gasteiger partial charge in [-0.25, -0.2) is 4.57 Å². The van der Waals surface area contributed by atoms with E-state index in [2.05, 4.69) is 15.9 Å². The van der Waals surface area contributed by atoms with Crippen LogP contribution in [0.4, 0.5) is 5.69 Å². The summed E-state index contributed by atoms with van der Waals surface area (Å²) < 4.78 is 1.97. The predicted octanol–water partition coefficient (Wildman–Crippen LogP) is 4.79. The third-order valence-electron chi connectivity index (χ3n) is 4.60. The molecule has 144 valence electrons. The molecule has 0 fully saturated rings. The number of fused-ring (bicyclic) bond motifs is 1. The quantitative estimate of drug-likeness (QED) is 0.436. The minimum Gasteiger partial charge on any atom is -0.311 e. The SMILES string of the molecule is CN(C(=O)c1cc2ccccc2n(C(=O)c2cccs2)c1=O)c1ccc(Br)cc1. The van der Waals surface area contributed by atoms with E-state index in [1.807, 2.05) is 12.1 Å². The highest BCUT2D eigenvalue weighted by atomic mass is 79.9. The van der Waals surface area contributed by atoms with Gasteiger partial charge in [0.15, 0.2) is 0 Å². The topological polar surface area (TPSA) is 59.4 Å². The van der Waals surface area contributed by atoms with Crippen molar-refractivity contribution in [3.05, 3.63) is 97.4 Å². The van der Waals surface area contributed by atoms with Crippen molar-refractivity contribution in [1.29, 1.82) is 0 Å². The number of rotatable bonds is 3. The molecule has 2 aromatic heterocycles. The first kappa shape index (κ1) is 19.3. The summed E-state index contributed by atoms with van der Waals surface area (Å²) in [6.45, 7) is 0. The zero-order valence-corrected chi connectivity index (χ0v) is 17.7. The summed E-state index contributed by atoms with van der Waals surface area (Å²) in [6.07, 6.45) is 0. The first-order valence-corrected chi connectivity index (χ1v) is 10.4. The molecule has 0 unspecified atom stereocenters. The first-order chi connectivity index (χ1) is 14.0. The van der Waals surface area contributed by atoms with Crippen molar-refractivity contribution in [3.8, 4) is 0 Å². The fourth-order valence-electron chi connectivity index (χ4n) is 3.09. The number of aromatic nitrogens is 1. The molecule has 0 aliphatic heterocycles. The lowest BCUT2D eigenvalue weighted by molar-refractivity contribution is 0.0964. The first-order valence-electron chi connectivity index (χ1n) is 8.74. The van der Waals surface area contributed by atoms with Crippen molar-refractivity contribution in [2.45, 2.75) is 0 Å². The number of carbonyl (C=O) groups is 2. The second-order valence-electron chi connectivity index (χ2n) is 6.38. The molecule has 2 aromatic carbocycles. The summed E-state index contributed by atoms with van der Waals surface area (Å²) in [6, 6.07) is 19.2. The van der Waals surface area contributed by atoms with Crippen LogP contribution in [0.5, 0.6) is 0 Å². The molecule has 0 spiro atoms. The van der Waals surface area contributed by atoms with E-state index in [-0.39, 0.29) is 5.56 Å². The Kier molecular flexibility index (Phi) is 5.17. The summed E-state index contributed by atoms with van der Waals surface area (Å²) >= 11 is 4.62. The average molecular weight is 467 g/mol. The van der Waals surface area contributed by atoms with Gasteiger partial charge >= 0.3 is 0 Å². The smallest absolute Gasteiger partial charge is 0.275 e. The highest BCUT2D eigenvalue weighted by Gasteiger charge is 2.23. The maximum Gasteiger partial charge on any atom is 0.275 e. The number of anilines is 1. The van der Waals surface area contributed by atoms with Crippen molar-refractivity contribution >= 4 is 55.7 Å². The molecule has 4 rings (SSSR count). The van der Waals surface area contributed by atoms with Gasteiger partial charge in [0.25, 0.3) is 17.4 Å². The number of pyridine rings is 1. The molecule has 29 heavy (non-hydrogen) atoms. The second kappa shape index (κ2) is 7.77. The van der Waals surface area contributed by atoms with Crippen molar-refractivity contribution < 1.29 is 9.59 Å². The average Bonchev–Trinajstić information content (AvgIpc) is 3.27. The molecule has 2 heterocycles. The Hall–Kier alpha value is -3.03. The van der Waals surface area contributed by atoms with E-state index in [4.69, 9.17) is 0 Å². The number of carbonyl (C=O) groups excluding carboxylic acids is 2. The summed E-state index contributed by atoms with van der Waals surface area (Å²) in [5.74, 6) is -0.919. The van der Waals surface area contributed by atoms with Crippen LogP contribution in [0.3, 0.4) is 0 Å². The van der Waals surface area contributed by atoms with Crippen molar-refractivity contribution in [1.82, 2.24) is 4.57 Å². The Balaban J connectivity index is 1.88. The van der Waals surface area contributed by atoms with Gasteiger partial charge in [-0.05, 0) is 53.2 Å². The van der Waals surface area contributed by atoms with E-state index >= 15 is 0 Å². The normalized spacial score (nSPS) is 10.8. The number of benzene rings is 2. The van der Waals surface area contributed by atoms with Crippen LogP contribution in [0.15, 0.2) is 81.4 Å². The zero-order valence-electron chi connectivity index (χ0n) is 15.3. The molecule has 0 N–H and O–H groups in total. The van der Waals surface area contributed by atoms with Crippen molar-refractivity contribution in [3.63, 3.8) is 0 Å². The van der Waals surface area contributed by atoms with E-state index in [0.29, 0.717) is 21.5 Å². The number of nitrogens with zero attached hydrogens (tertiary/aromatic N) is 2. The van der Waals surface area contributed by atoms with Crippen LogP contribution in [0, 0.1) is 0 Å². The van der Waals surface area contributed by atoms with Crippen molar-refractivity contribution in [2.75, 3.05) is 11.9 Å². The van der Waals surface area contributed by atoms with Crippen LogP contribution >= 0.6 is 27.3 Å². The third-order valence-corrected chi connectivity index (χ3v) is 5.98. The lowest BCUT2D eigenvalue weighted by atomic mass is 10.1. The fraction of sp³-hybridized carbons (Fsp3) is 0.0455. The Labute approximate surface area is 179 Å². The Morgan fingerprint density at radius 2 is 1.72 bits per heavy atom. The number of hydrogen-bond acceptors (Lipinski definition) is 4. The summed E-state index contributed by atoms with van der Waals surface area (Å²) in [5, 5.41) is 2.42. The maximum absolute atomic E-state index is 13.2. The highest BCUT2D eigenvalue weighted by Crippen LogP contribution is 2.21. The van der Waals surface area contributed by atoms with Gasteiger partial charge in [-0.15, -0.1) is 11.3 Å². The number of para-hydroxylation sites is 1. The molecule has 7 heteroatoms. The van der Waals surface area contributed by atoms with Gasteiger partial charge in [0, 0.05) is 17.2 Å². The summed E-state index contributed by atoms with van der Waals surface area (Å²) in [5.41, 5.74) is 0.427. The van der Waals surface area contributed by atoms with Gasteiger partial charge in [-0.3, -0.25) is 14.4 Å². The molecular formula is C22H15BrN2O3S. The lowest BCUT2D eigenvalue weighted by Crippen LogP contribution is -2.36. The summed E-state index contributed by atoms with van der Waals surface area (Å²) in [4.78, 5) is 41.3. The van der Waals surface area contributed by atoms with E-state index in [0.717, 1.165) is 9.04 Å². The molecule has 0 radical (unpaired) electrons. The third kappa shape index (κ3) is 3.54. The van der Waals surface area contributed by atoms with Crippen LogP contribution in [0.2, 0.25) is 0 Å². The molecule has 0 bridgehead atoms. The molecule has 4 aromatic rings.